The molecule has 180 valence electrons. The summed E-state index contributed by atoms with van der Waals surface area (Å²) in [5, 5.41) is 6.72. The Morgan fingerprint density at radius 1 is 1.21 bits per heavy atom. The van der Waals surface area contributed by atoms with Crippen molar-refractivity contribution in [2.24, 2.45) is 17.8 Å². The van der Waals surface area contributed by atoms with E-state index in [1.54, 1.807) is 11.8 Å². The number of amides is 2. The summed E-state index contributed by atoms with van der Waals surface area (Å²) in [6.45, 7) is 10.9. The summed E-state index contributed by atoms with van der Waals surface area (Å²) in [5.41, 5.74) is 2.25. The number of nitrogens with one attached hydrogen (secondary N) is 2. The van der Waals surface area contributed by atoms with Gasteiger partial charge in [-0.1, -0.05) is 43.7 Å². The maximum atomic E-state index is 12.8. The molecule has 0 spiro atoms. The second-order valence-corrected chi connectivity index (χ2v) is 11.8. The van der Waals surface area contributed by atoms with E-state index < -0.39 is 0 Å². The number of likely N-dealkylation sites (tertiary alicyclic amines) is 1. The molecule has 1 aliphatic carbocycles. The van der Waals surface area contributed by atoms with Gasteiger partial charge in [-0.05, 0) is 69.0 Å². The zero-order chi connectivity index (χ0) is 23.4. The summed E-state index contributed by atoms with van der Waals surface area (Å²) in [6, 6.07) is 8.30. The minimum atomic E-state index is -0.00574. The summed E-state index contributed by atoms with van der Waals surface area (Å²) >= 11 is 1.69. The van der Waals surface area contributed by atoms with Gasteiger partial charge in [0.25, 0.3) is 5.91 Å². The molecule has 2 heterocycles. The summed E-state index contributed by atoms with van der Waals surface area (Å²) in [4.78, 5) is 28.8. The van der Waals surface area contributed by atoms with E-state index in [1.165, 1.54) is 25.1 Å². The van der Waals surface area contributed by atoms with Crippen LogP contribution in [-0.2, 0) is 9.59 Å². The highest BCUT2D eigenvalue weighted by atomic mass is 32.2. The first-order valence-corrected chi connectivity index (χ1v) is 13.5. The van der Waals surface area contributed by atoms with E-state index in [-0.39, 0.29) is 23.8 Å². The molecule has 1 saturated carbocycles. The van der Waals surface area contributed by atoms with Gasteiger partial charge in [0.15, 0.2) is 0 Å². The lowest BCUT2D eigenvalue weighted by Crippen LogP contribution is -2.51. The van der Waals surface area contributed by atoms with Gasteiger partial charge < -0.3 is 15.5 Å². The van der Waals surface area contributed by atoms with Gasteiger partial charge in [-0.25, -0.2) is 0 Å². The quantitative estimate of drug-likeness (QED) is 0.484. The molecule has 33 heavy (non-hydrogen) atoms. The molecule has 2 N–H and O–H groups in total. The lowest BCUT2D eigenvalue weighted by atomic mass is 9.84. The number of rotatable bonds is 6. The van der Waals surface area contributed by atoms with Crippen LogP contribution in [0.25, 0.3) is 6.08 Å². The van der Waals surface area contributed by atoms with Crippen molar-refractivity contribution in [3.05, 3.63) is 40.3 Å². The second kappa shape index (κ2) is 11.1. The van der Waals surface area contributed by atoms with E-state index in [9.17, 15) is 9.59 Å². The van der Waals surface area contributed by atoms with Crippen molar-refractivity contribution in [3.63, 3.8) is 0 Å². The van der Waals surface area contributed by atoms with Crippen molar-refractivity contribution in [2.75, 3.05) is 26.2 Å². The van der Waals surface area contributed by atoms with Gasteiger partial charge in [0.1, 0.15) is 0 Å². The number of fused-ring (bicyclic) bond motifs is 1. The molecular weight excluding hydrogens is 430 g/mol. The van der Waals surface area contributed by atoms with Gasteiger partial charge in [-0.15, -0.1) is 11.8 Å². The Hall–Kier alpha value is -1.79. The number of thioether (sulfide) groups is 1. The summed E-state index contributed by atoms with van der Waals surface area (Å²) in [7, 11) is 0. The minimum Gasteiger partial charge on any atom is -0.356 e. The number of hydrogen-bond donors (Lipinski definition) is 2. The zero-order valence-electron chi connectivity index (χ0n) is 20.3. The highest BCUT2D eigenvalue weighted by Crippen LogP contribution is 2.40. The van der Waals surface area contributed by atoms with E-state index >= 15 is 0 Å². The number of benzene rings is 1. The molecular formula is C27H39N3O2S. The topological polar surface area (TPSA) is 61.4 Å². The summed E-state index contributed by atoms with van der Waals surface area (Å²) in [5.74, 6) is 1.70. The van der Waals surface area contributed by atoms with Crippen molar-refractivity contribution < 1.29 is 9.59 Å². The highest BCUT2D eigenvalue weighted by molar-refractivity contribution is 8.04. The zero-order valence-corrected chi connectivity index (χ0v) is 21.1. The van der Waals surface area contributed by atoms with Crippen LogP contribution in [0, 0.1) is 24.7 Å². The Kier molecular flexibility index (Phi) is 8.18. The van der Waals surface area contributed by atoms with E-state index in [2.05, 4.69) is 48.4 Å². The van der Waals surface area contributed by atoms with Crippen molar-refractivity contribution in [1.29, 1.82) is 0 Å². The smallest absolute Gasteiger partial charge is 0.257 e. The average Bonchev–Trinajstić information content (AvgIpc) is 2.76. The number of hydrogen-bond acceptors (Lipinski definition) is 4. The first-order chi connectivity index (χ1) is 15.9. The van der Waals surface area contributed by atoms with Crippen LogP contribution in [0.2, 0.25) is 0 Å². The SMILES string of the molecule is Cc1cccc(/C=C2/SC3CCC(C(=O)NCCCN4CC(C)CC(C)C4)CC3NC2=O)c1. The number of aryl methyl sites for hydroxylation is 1. The number of nitrogens with zero attached hydrogens (tertiary/aromatic N) is 1. The van der Waals surface area contributed by atoms with E-state index in [4.69, 9.17) is 0 Å². The molecule has 1 aromatic carbocycles. The largest absolute Gasteiger partial charge is 0.356 e. The molecule has 2 saturated heterocycles. The fourth-order valence-electron chi connectivity index (χ4n) is 5.77. The molecule has 6 heteroatoms. The van der Waals surface area contributed by atoms with Crippen LogP contribution in [0.15, 0.2) is 29.2 Å². The summed E-state index contributed by atoms with van der Waals surface area (Å²) in [6.07, 6.45) is 6.93. The van der Waals surface area contributed by atoms with Gasteiger partial charge in [0.05, 0.1) is 4.91 Å². The van der Waals surface area contributed by atoms with Gasteiger partial charge in [-0.3, -0.25) is 9.59 Å². The second-order valence-electron chi connectivity index (χ2n) is 10.5. The van der Waals surface area contributed by atoms with Crippen LogP contribution in [0.3, 0.4) is 0 Å². The molecule has 2 amide bonds. The van der Waals surface area contributed by atoms with Crippen LogP contribution in [0.1, 0.15) is 57.1 Å². The normalized spacial score (nSPS) is 31.7. The lowest BCUT2D eigenvalue weighted by molar-refractivity contribution is -0.127. The Labute approximate surface area is 203 Å². The number of carbonyl (C=O) groups is 2. The van der Waals surface area contributed by atoms with Crippen LogP contribution in [0.5, 0.6) is 0 Å². The van der Waals surface area contributed by atoms with Crippen LogP contribution in [0.4, 0.5) is 0 Å². The van der Waals surface area contributed by atoms with Gasteiger partial charge in [0.2, 0.25) is 5.91 Å². The molecule has 1 aromatic rings. The molecule has 4 rings (SSSR count). The standard InChI is InChI=1S/C27H39N3O2S/c1-18-6-4-7-21(13-18)14-25-27(32)29-23-15-22(8-9-24(23)33-25)26(31)28-10-5-11-30-16-19(2)12-20(3)17-30/h4,6-7,13-14,19-20,22-24H,5,8-12,15-17H2,1-3H3,(H,28,31)(H,29,32)/b25-14+. The Morgan fingerprint density at radius 2 is 2.00 bits per heavy atom. The van der Waals surface area contributed by atoms with Crippen molar-refractivity contribution >= 4 is 29.7 Å². The molecule has 5 unspecified atom stereocenters. The van der Waals surface area contributed by atoms with Crippen molar-refractivity contribution in [3.8, 4) is 0 Å². The highest BCUT2D eigenvalue weighted by Gasteiger charge is 2.39. The third-order valence-electron chi connectivity index (χ3n) is 7.21. The van der Waals surface area contributed by atoms with Crippen molar-refractivity contribution in [1.82, 2.24) is 15.5 Å². The van der Waals surface area contributed by atoms with Crippen LogP contribution < -0.4 is 10.6 Å². The molecule has 0 bridgehead atoms. The van der Waals surface area contributed by atoms with E-state index in [1.807, 2.05) is 18.2 Å². The van der Waals surface area contributed by atoms with Gasteiger partial charge in [0, 0.05) is 36.8 Å². The molecule has 5 nitrogen and oxygen atoms in total. The fourth-order valence-corrected chi connectivity index (χ4v) is 7.07. The summed E-state index contributed by atoms with van der Waals surface area (Å²) < 4.78 is 0. The predicted molar refractivity (Wildman–Crippen MR) is 137 cm³/mol. The van der Waals surface area contributed by atoms with Crippen molar-refractivity contribution in [2.45, 2.75) is 64.2 Å². The molecule has 2 aliphatic heterocycles. The molecule has 0 radical (unpaired) electrons. The monoisotopic (exact) mass is 469 g/mol. The van der Waals surface area contributed by atoms with Gasteiger partial charge in [-0.2, -0.15) is 0 Å². The Bertz CT molecular complexity index is 876. The third-order valence-corrected chi connectivity index (χ3v) is 8.64. The predicted octanol–water partition coefficient (Wildman–Crippen LogP) is 4.22. The molecule has 5 atom stereocenters. The van der Waals surface area contributed by atoms with E-state index in [0.29, 0.717) is 5.25 Å². The first-order valence-electron chi connectivity index (χ1n) is 12.6. The molecule has 0 aromatic heterocycles. The molecule has 3 aliphatic rings. The maximum Gasteiger partial charge on any atom is 0.257 e. The minimum absolute atomic E-state index is 0.00415. The number of carbonyl (C=O) groups excluding carboxylic acids is 2. The van der Waals surface area contributed by atoms with Gasteiger partial charge >= 0.3 is 0 Å². The Balaban J connectivity index is 1.22. The fraction of sp³-hybridized carbons (Fsp3) is 0.630. The van der Waals surface area contributed by atoms with Crippen LogP contribution >= 0.6 is 11.8 Å². The number of piperidine rings is 1. The molecule has 3 fully saturated rings. The first kappa shape index (κ1) is 24.3. The lowest BCUT2D eigenvalue weighted by Gasteiger charge is -2.39. The average molecular weight is 470 g/mol. The van der Waals surface area contributed by atoms with E-state index in [0.717, 1.165) is 61.1 Å². The maximum absolute atomic E-state index is 12.8. The third kappa shape index (κ3) is 6.63. The van der Waals surface area contributed by atoms with Crippen LogP contribution in [-0.4, -0.2) is 54.2 Å². The Morgan fingerprint density at radius 3 is 2.76 bits per heavy atom.